The van der Waals surface area contributed by atoms with Crippen molar-refractivity contribution in [1.82, 2.24) is 0 Å². The Morgan fingerprint density at radius 2 is 2.14 bits per heavy atom. The van der Waals surface area contributed by atoms with Crippen LogP contribution in [-0.4, -0.2) is 48.3 Å². The molecule has 7 heteroatoms. The number of ether oxygens (including phenoxy) is 4. The number of aliphatic hydroxyl groups excluding tert-OH is 1. The van der Waals surface area contributed by atoms with Gasteiger partial charge in [-0.15, -0.1) is 0 Å². The highest BCUT2D eigenvalue weighted by Crippen LogP contribution is 2.49. The van der Waals surface area contributed by atoms with E-state index in [1.165, 1.54) is 0 Å². The van der Waals surface area contributed by atoms with Gasteiger partial charge >= 0.3 is 11.9 Å². The van der Waals surface area contributed by atoms with Crippen molar-refractivity contribution < 1.29 is 33.6 Å². The van der Waals surface area contributed by atoms with E-state index in [4.69, 9.17) is 18.9 Å². The summed E-state index contributed by atoms with van der Waals surface area (Å²) in [5.74, 6) is -1.78. The van der Waals surface area contributed by atoms with Crippen LogP contribution in [-0.2, 0) is 28.5 Å². The second-order valence-electron chi connectivity index (χ2n) is 7.88. The fraction of sp³-hybridized carbons (Fsp3) is 0.619. The minimum atomic E-state index is -0.825. The number of rotatable bonds is 4. The van der Waals surface area contributed by atoms with Crippen molar-refractivity contribution in [3.8, 4) is 0 Å². The van der Waals surface area contributed by atoms with E-state index >= 15 is 0 Å². The zero-order valence-corrected chi connectivity index (χ0v) is 17.0. The normalized spacial score (nSPS) is 37.4. The van der Waals surface area contributed by atoms with Crippen LogP contribution in [0, 0.1) is 5.92 Å². The van der Waals surface area contributed by atoms with E-state index < -0.39 is 36.0 Å². The Morgan fingerprint density at radius 1 is 1.43 bits per heavy atom. The van der Waals surface area contributed by atoms with Crippen LogP contribution in [0.5, 0.6) is 0 Å². The summed E-state index contributed by atoms with van der Waals surface area (Å²) >= 11 is 0. The molecule has 154 valence electrons. The summed E-state index contributed by atoms with van der Waals surface area (Å²) in [5, 5.41) is 9.78. The van der Waals surface area contributed by atoms with Crippen molar-refractivity contribution in [1.29, 1.82) is 0 Å². The van der Waals surface area contributed by atoms with E-state index in [0.29, 0.717) is 30.4 Å². The summed E-state index contributed by atoms with van der Waals surface area (Å²) in [4.78, 5) is 24.8. The summed E-state index contributed by atoms with van der Waals surface area (Å²) in [6.07, 6.45) is 4.36. The van der Waals surface area contributed by atoms with Crippen LogP contribution in [0.1, 0.15) is 47.0 Å². The minimum Gasteiger partial charge on any atom is -0.454 e. The number of aliphatic hydroxyl groups is 1. The first kappa shape index (κ1) is 20.8. The molecule has 28 heavy (non-hydrogen) atoms. The van der Waals surface area contributed by atoms with Crippen molar-refractivity contribution in [2.24, 2.45) is 5.92 Å². The molecule has 1 saturated heterocycles. The van der Waals surface area contributed by atoms with Crippen LogP contribution in [0.15, 0.2) is 34.6 Å². The van der Waals surface area contributed by atoms with E-state index in [1.807, 2.05) is 13.8 Å². The molecule has 0 spiro atoms. The average molecular weight is 392 g/mol. The first-order valence-electron chi connectivity index (χ1n) is 9.57. The lowest BCUT2D eigenvalue weighted by atomic mass is 9.85. The van der Waals surface area contributed by atoms with E-state index in [1.54, 1.807) is 33.1 Å². The van der Waals surface area contributed by atoms with Gasteiger partial charge in [-0.3, -0.25) is 0 Å². The lowest BCUT2D eigenvalue weighted by Crippen LogP contribution is -2.42. The quantitative estimate of drug-likeness (QED) is 0.581. The molecular weight excluding hydrogens is 364 g/mol. The van der Waals surface area contributed by atoms with E-state index in [0.717, 1.165) is 0 Å². The maximum Gasteiger partial charge on any atom is 0.342 e. The standard InChI is InChI=1S/C21H28O7/c1-6-12(2)18(23)26-15-9-13(3)21(25-5)8-7-20(4,28-21)10-16-17(15)14(11-22)19(24)27-16/h6,10,13,15,22H,7-9,11H2,1-5H3/b12-6+,16-10+/t13-,15+,20+,21-/m1/s1. The van der Waals surface area contributed by atoms with Gasteiger partial charge in [-0.05, 0) is 39.7 Å². The van der Waals surface area contributed by atoms with Gasteiger partial charge in [-0.25, -0.2) is 9.59 Å². The summed E-state index contributed by atoms with van der Waals surface area (Å²) in [6, 6.07) is 0. The van der Waals surface area contributed by atoms with Crippen LogP contribution in [0.4, 0.5) is 0 Å². The Bertz CT molecular complexity index is 778. The van der Waals surface area contributed by atoms with Crippen LogP contribution in [0.3, 0.4) is 0 Å². The second-order valence-corrected chi connectivity index (χ2v) is 7.88. The SMILES string of the molecule is C/C=C(\C)C(=O)O[C@H]1C[C@@H](C)[C@@]2(OC)CC[C@@](C)(/C=C3/OC(=O)C(CO)=C31)O2. The Kier molecular flexibility index (Phi) is 5.53. The molecule has 0 saturated carbocycles. The molecular formula is C21H28O7. The maximum absolute atomic E-state index is 12.5. The lowest BCUT2D eigenvalue weighted by Gasteiger charge is -2.36. The zero-order valence-electron chi connectivity index (χ0n) is 17.0. The molecule has 7 nitrogen and oxygen atoms in total. The molecule has 0 radical (unpaired) electrons. The van der Waals surface area contributed by atoms with Crippen molar-refractivity contribution in [3.63, 3.8) is 0 Å². The number of hydrogen-bond acceptors (Lipinski definition) is 7. The molecule has 3 aliphatic rings. The third-order valence-electron chi connectivity index (χ3n) is 6.00. The Balaban J connectivity index is 2.12. The van der Waals surface area contributed by atoms with Crippen LogP contribution in [0.25, 0.3) is 0 Å². The largest absolute Gasteiger partial charge is 0.454 e. The number of hydrogen-bond donors (Lipinski definition) is 1. The predicted molar refractivity (Wildman–Crippen MR) is 99.8 cm³/mol. The van der Waals surface area contributed by atoms with Gasteiger partial charge in [0, 0.05) is 30.6 Å². The van der Waals surface area contributed by atoms with Gasteiger partial charge in [0.25, 0.3) is 0 Å². The van der Waals surface area contributed by atoms with Crippen molar-refractivity contribution in [2.45, 2.75) is 64.4 Å². The van der Waals surface area contributed by atoms with E-state index in [9.17, 15) is 14.7 Å². The summed E-state index contributed by atoms with van der Waals surface area (Å²) in [7, 11) is 1.61. The molecule has 0 aromatic carbocycles. The molecule has 3 aliphatic heterocycles. The zero-order chi connectivity index (χ0) is 20.7. The van der Waals surface area contributed by atoms with Crippen molar-refractivity contribution in [3.05, 3.63) is 34.6 Å². The monoisotopic (exact) mass is 392 g/mol. The predicted octanol–water partition coefficient (Wildman–Crippen LogP) is 2.55. The number of carbonyl (C=O) groups is 2. The maximum atomic E-state index is 12.5. The number of allylic oxidation sites excluding steroid dienone is 1. The van der Waals surface area contributed by atoms with Crippen molar-refractivity contribution in [2.75, 3.05) is 13.7 Å². The van der Waals surface area contributed by atoms with Gasteiger partial charge in [-0.2, -0.15) is 0 Å². The van der Waals surface area contributed by atoms with Crippen LogP contribution < -0.4 is 0 Å². The third kappa shape index (κ3) is 3.43. The Morgan fingerprint density at radius 3 is 2.75 bits per heavy atom. The van der Waals surface area contributed by atoms with Gasteiger partial charge in [0.2, 0.25) is 0 Å². The van der Waals surface area contributed by atoms with Gasteiger partial charge in [0.1, 0.15) is 11.9 Å². The number of esters is 2. The molecule has 1 N–H and O–H groups in total. The first-order valence-corrected chi connectivity index (χ1v) is 9.57. The Labute approximate surface area is 165 Å². The summed E-state index contributed by atoms with van der Waals surface area (Å²) in [5.41, 5.74) is 0.289. The molecule has 0 aromatic rings. The molecule has 3 rings (SSSR count). The molecule has 3 heterocycles. The topological polar surface area (TPSA) is 91.3 Å². The molecule has 0 unspecified atom stereocenters. The summed E-state index contributed by atoms with van der Waals surface area (Å²) in [6.45, 7) is 6.80. The average Bonchev–Trinajstić information content (AvgIpc) is 3.17. The molecule has 0 aliphatic carbocycles. The van der Waals surface area contributed by atoms with Crippen molar-refractivity contribution >= 4 is 11.9 Å². The smallest absolute Gasteiger partial charge is 0.342 e. The van der Waals surface area contributed by atoms with Gasteiger partial charge in [-0.1, -0.05) is 13.0 Å². The molecule has 1 fully saturated rings. The number of fused-ring (bicyclic) bond motifs is 3. The third-order valence-corrected chi connectivity index (χ3v) is 6.00. The first-order chi connectivity index (χ1) is 13.2. The van der Waals surface area contributed by atoms with Crippen LogP contribution >= 0.6 is 0 Å². The van der Waals surface area contributed by atoms with Gasteiger partial charge in [0.15, 0.2) is 5.79 Å². The molecule has 2 bridgehead atoms. The highest BCUT2D eigenvalue weighted by Gasteiger charge is 2.53. The molecule has 0 aromatic heterocycles. The number of carbonyl (C=O) groups excluding carboxylic acids is 2. The molecule has 0 amide bonds. The van der Waals surface area contributed by atoms with Crippen LogP contribution in [0.2, 0.25) is 0 Å². The second kappa shape index (κ2) is 7.46. The fourth-order valence-electron chi connectivity index (χ4n) is 4.14. The molecule has 4 atom stereocenters. The lowest BCUT2D eigenvalue weighted by molar-refractivity contribution is -0.255. The minimum absolute atomic E-state index is 0.113. The van der Waals surface area contributed by atoms with Gasteiger partial charge < -0.3 is 24.1 Å². The van der Waals surface area contributed by atoms with E-state index in [2.05, 4.69) is 0 Å². The highest BCUT2D eigenvalue weighted by atomic mass is 16.7. The summed E-state index contributed by atoms with van der Waals surface area (Å²) < 4.78 is 23.3. The number of methoxy groups -OCH3 is 1. The van der Waals surface area contributed by atoms with E-state index in [-0.39, 0.29) is 17.3 Å². The van der Waals surface area contributed by atoms with Gasteiger partial charge in [0.05, 0.1) is 17.8 Å². The highest BCUT2D eigenvalue weighted by molar-refractivity contribution is 5.95. The fourth-order valence-corrected chi connectivity index (χ4v) is 4.14. The Hall–Kier alpha value is -1.96.